The van der Waals surface area contributed by atoms with Crippen molar-refractivity contribution in [2.75, 3.05) is 0 Å². The van der Waals surface area contributed by atoms with Gasteiger partial charge in [-0.25, -0.2) is 4.98 Å². The predicted octanol–water partition coefficient (Wildman–Crippen LogP) is 3.31. The lowest BCUT2D eigenvalue weighted by molar-refractivity contribution is 1.32. The third kappa shape index (κ3) is 1.42. The van der Waals surface area contributed by atoms with Gasteiger partial charge in [0.25, 0.3) is 0 Å². The molecule has 0 saturated heterocycles. The minimum absolute atomic E-state index is 0.440. The summed E-state index contributed by atoms with van der Waals surface area (Å²) in [6.07, 6.45) is 3.14. The highest BCUT2D eigenvalue weighted by atomic mass is 35.5. The normalized spacial score (nSPS) is 10.6. The molecule has 3 nitrogen and oxygen atoms in total. The topological polar surface area (TPSA) is 49.6 Å². The molecule has 0 fully saturated rings. The highest BCUT2D eigenvalue weighted by Crippen LogP contribution is 2.30. The SMILES string of the molecule is N#Cc1cncc2c(Cl)c3ccccc3nc12. The Bertz CT molecular complexity index is 775. The van der Waals surface area contributed by atoms with Crippen LogP contribution in [-0.2, 0) is 0 Å². The number of hydrogen-bond acceptors (Lipinski definition) is 3. The number of para-hydroxylation sites is 1. The maximum absolute atomic E-state index is 9.03. The molecule has 0 bridgehead atoms. The molecule has 0 atom stereocenters. The largest absolute Gasteiger partial charge is 0.263 e. The van der Waals surface area contributed by atoms with E-state index in [1.165, 1.54) is 6.20 Å². The monoisotopic (exact) mass is 239 g/mol. The first-order valence-electron chi connectivity index (χ1n) is 5.03. The van der Waals surface area contributed by atoms with Crippen molar-refractivity contribution in [1.29, 1.82) is 5.26 Å². The van der Waals surface area contributed by atoms with Crippen molar-refractivity contribution in [3.05, 3.63) is 47.2 Å². The van der Waals surface area contributed by atoms with E-state index in [4.69, 9.17) is 16.9 Å². The van der Waals surface area contributed by atoms with Crippen LogP contribution in [0.2, 0.25) is 5.02 Å². The molecular formula is C13H6ClN3. The fraction of sp³-hybridized carbons (Fsp3) is 0. The Morgan fingerprint density at radius 1 is 1.12 bits per heavy atom. The second-order valence-corrected chi connectivity index (χ2v) is 4.02. The van der Waals surface area contributed by atoms with Crippen LogP contribution >= 0.6 is 11.6 Å². The zero-order valence-corrected chi connectivity index (χ0v) is 9.44. The van der Waals surface area contributed by atoms with E-state index in [9.17, 15) is 0 Å². The number of halogens is 1. The Labute approximate surface area is 102 Å². The number of rotatable bonds is 0. The molecule has 0 aliphatic rings. The molecular weight excluding hydrogens is 234 g/mol. The summed E-state index contributed by atoms with van der Waals surface area (Å²) in [6.45, 7) is 0. The number of hydrogen-bond donors (Lipinski definition) is 0. The molecule has 0 radical (unpaired) electrons. The fourth-order valence-electron chi connectivity index (χ4n) is 1.84. The maximum atomic E-state index is 9.03. The minimum Gasteiger partial charge on any atom is -0.263 e. The van der Waals surface area contributed by atoms with E-state index in [-0.39, 0.29) is 0 Å². The van der Waals surface area contributed by atoms with Gasteiger partial charge in [0.05, 0.1) is 21.6 Å². The van der Waals surface area contributed by atoms with Crippen molar-refractivity contribution < 1.29 is 0 Å². The van der Waals surface area contributed by atoms with Crippen molar-refractivity contribution >= 4 is 33.4 Å². The summed E-state index contributed by atoms with van der Waals surface area (Å²) in [5, 5.41) is 11.2. The first-order valence-corrected chi connectivity index (χ1v) is 5.41. The van der Waals surface area contributed by atoms with Crippen molar-refractivity contribution in [2.24, 2.45) is 0 Å². The van der Waals surface area contributed by atoms with E-state index < -0.39 is 0 Å². The molecule has 0 N–H and O–H groups in total. The van der Waals surface area contributed by atoms with E-state index >= 15 is 0 Å². The van der Waals surface area contributed by atoms with Gasteiger partial charge in [-0.1, -0.05) is 29.8 Å². The zero-order valence-electron chi connectivity index (χ0n) is 8.68. The van der Waals surface area contributed by atoms with Crippen LogP contribution in [0.5, 0.6) is 0 Å². The van der Waals surface area contributed by atoms with Gasteiger partial charge in [0.1, 0.15) is 6.07 Å². The Morgan fingerprint density at radius 3 is 2.76 bits per heavy atom. The van der Waals surface area contributed by atoms with Gasteiger partial charge >= 0.3 is 0 Å². The Hall–Kier alpha value is -2.18. The molecule has 80 valence electrons. The molecule has 3 rings (SSSR count). The third-order valence-corrected chi connectivity index (χ3v) is 3.05. The van der Waals surface area contributed by atoms with Crippen LogP contribution in [-0.4, -0.2) is 9.97 Å². The zero-order chi connectivity index (χ0) is 11.8. The lowest BCUT2D eigenvalue weighted by Gasteiger charge is -2.05. The molecule has 17 heavy (non-hydrogen) atoms. The van der Waals surface area contributed by atoms with E-state index in [0.29, 0.717) is 21.5 Å². The van der Waals surface area contributed by atoms with Crippen LogP contribution in [0.3, 0.4) is 0 Å². The van der Waals surface area contributed by atoms with Crippen molar-refractivity contribution in [1.82, 2.24) is 9.97 Å². The highest BCUT2D eigenvalue weighted by molar-refractivity contribution is 6.40. The van der Waals surface area contributed by atoms with E-state index in [2.05, 4.69) is 16.0 Å². The summed E-state index contributed by atoms with van der Waals surface area (Å²) in [7, 11) is 0. The minimum atomic E-state index is 0.440. The van der Waals surface area contributed by atoms with Gasteiger partial charge < -0.3 is 0 Å². The third-order valence-electron chi connectivity index (χ3n) is 2.65. The number of fused-ring (bicyclic) bond motifs is 2. The molecule has 0 saturated carbocycles. The summed E-state index contributed by atoms with van der Waals surface area (Å²) >= 11 is 6.31. The van der Waals surface area contributed by atoms with E-state index in [1.807, 2.05) is 24.3 Å². The van der Waals surface area contributed by atoms with Crippen molar-refractivity contribution in [3.8, 4) is 6.07 Å². The number of pyridine rings is 2. The summed E-state index contributed by atoms with van der Waals surface area (Å²) in [5.74, 6) is 0. The molecule has 0 spiro atoms. The summed E-state index contributed by atoms with van der Waals surface area (Å²) < 4.78 is 0. The quantitative estimate of drug-likeness (QED) is 0.566. The summed E-state index contributed by atoms with van der Waals surface area (Å²) in [5.41, 5.74) is 1.83. The number of nitrogens with zero attached hydrogens (tertiary/aromatic N) is 3. The molecule has 0 aliphatic carbocycles. The first-order chi connectivity index (χ1) is 8.31. The fourth-order valence-corrected chi connectivity index (χ4v) is 2.14. The van der Waals surface area contributed by atoms with Crippen LogP contribution in [0.25, 0.3) is 21.8 Å². The molecule has 0 amide bonds. The summed E-state index contributed by atoms with van der Waals surface area (Å²) in [6, 6.07) is 9.66. The molecule has 3 aromatic rings. The average molecular weight is 240 g/mol. The molecule has 2 heterocycles. The molecule has 1 aromatic carbocycles. The van der Waals surface area contributed by atoms with Crippen LogP contribution in [0.1, 0.15) is 5.56 Å². The average Bonchev–Trinajstić information content (AvgIpc) is 2.38. The van der Waals surface area contributed by atoms with E-state index in [1.54, 1.807) is 6.20 Å². The number of nitriles is 1. The predicted molar refractivity (Wildman–Crippen MR) is 66.8 cm³/mol. The molecule has 0 unspecified atom stereocenters. The van der Waals surface area contributed by atoms with Gasteiger partial charge in [-0.2, -0.15) is 5.26 Å². The van der Waals surface area contributed by atoms with Gasteiger partial charge in [-0.15, -0.1) is 0 Å². The van der Waals surface area contributed by atoms with Crippen molar-refractivity contribution in [2.45, 2.75) is 0 Å². The Balaban J connectivity index is 2.60. The van der Waals surface area contributed by atoms with Crippen molar-refractivity contribution in [3.63, 3.8) is 0 Å². The van der Waals surface area contributed by atoms with Crippen LogP contribution < -0.4 is 0 Å². The summed E-state index contributed by atoms with van der Waals surface area (Å²) in [4.78, 5) is 8.47. The maximum Gasteiger partial charge on any atom is 0.103 e. The van der Waals surface area contributed by atoms with Crippen LogP contribution in [0.4, 0.5) is 0 Å². The molecule has 0 aliphatic heterocycles. The van der Waals surface area contributed by atoms with Gasteiger partial charge in [-0.3, -0.25) is 4.98 Å². The van der Waals surface area contributed by atoms with Gasteiger partial charge in [0.15, 0.2) is 0 Å². The Morgan fingerprint density at radius 2 is 1.94 bits per heavy atom. The van der Waals surface area contributed by atoms with Crippen LogP contribution in [0.15, 0.2) is 36.7 Å². The van der Waals surface area contributed by atoms with Gasteiger partial charge in [0.2, 0.25) is 0 Å². The highest BCUT2D eigenvalue weighted by Gasteiger charge is 2.09. The Kier molecular flexibility index (Phi) is 2.17. The number of aromatic nitrogens is 2. The lowest BCUT2D eigenvalue weighted by Crippen LogP contribution is -1.89. The van der Waals surface area contributed by atoms with Gasteiger partial charge in [0, 0.05) is 23.2 Å². The lowest BCUT2D eigenvalue weighted by atomic mass is 10.1. The van der Waals surface area contributed by atoms with Gasteiger partial charge in [-0.05, 0) is 6.07 Å². The first kappa shape index (κ1) is 10.0. The standard InChI is InChI=1S/C13H6ClN3/c14-12-9-3-1-2-4-11(9)17-13-8(5-15)6-16-7-10(12)13/h1-4,6-7H. The molecule has 2 aromatic heterocycles. The van der Waals surface area contributed by atoms with Crippen LogP contribution in [0, 0.1) is 11.3 Å². The smallest absolute Gasteiger partial charge is 0.103 e. The molecule has 4 heteroatoms. The second kappa shape index (κ2) is 3.69. The van der Waals surface area contributed by atoms with E-state index in [0.717, 1.165) is 10.9 Å². The number of benzene rings is 1. The second-order valence-electron chi connectivity index (χ2n) is 3.64.